The average Bonchev–Trinajstić information content (AvgIpc) is 2.63. The van der Waals surface area contributed by atoms with E-state index in [9.17, 15) is 4.79 Å². The molecular formula is C10H17N3O3. The molecule has 1 atom stereocenters. The molecule has 0 saturated carbocycles. The number of alkyl carbamates (subject to hydrolysis) is 1. The van der Waals surface area contributed by atoms with Gasteiger partial charge in [-0.15, -0.1) is 10.2 Å². The molecule has 0 aliphatic rings. The summed E-state index contributed by atoms with van der Waals surface area (Å²) in [5, 5.41) is 9.98. The Balaban J connectivity index is 2.55. The maximum Gasteiger partial charge on any atom is 0.408 e. The number of carbonyl (C=O) groups is 1. The number of carbonyl (C=O) groups excluding carboxylic acids is 1. The Kier molecular flexibility index (Phi) is 3.87. The molecule has 1 rings (SSSR count). The largest absolute Gasteiger partial charge is 0.444 e. The number of hydrogen-bond acceptors (Lipinski definition) is 5. The Morgan fingerprint density at radius 1 is 1.62 bits per heavy atom. The quantitative estimate of drug-likeness (QED) is 0.855. The lowest BCUT2D eigenvalue weighted by atomic mass is 10.2. The Morgan fingerprint density at radius 3 is 2.75 bits per heavy atom. The van der Waals surface area contributed by atoms with Gasteiger partial charge in [-0.1, -0.05) is 6.92 Å². The second-order valence-electron chi connectivity index (χ2n) is 4.38. The van der Waals surface area contributed by atoms with E-state index in [4.69, 9.17) is 9.15 Å². The summed E-state index contributed by atoms with van der Waals surface area (Å²) in [5.41, 5.74) is -0.517. The molecule has 0 saturated heterocycles. The standard InChI is InChI=1S/C10H17N3O3/c1-5-7(8-13-11-6-15-8)12-9(14)16-10(2,3)4/h6-7H,5H2,1-4H3,(H,12,14)/t7-/m1/s1. The van der Waals surface area contributed by atoms with Crippen LogP contribution in [0.25, 0.3) is 0 Å². The molecule has 0 fully saturated rings. The molecule has 0 aromatic carbocycles. The molecule has 0 radical (unpaired) electrons. The first-order valence-electron chi connectivity index (χ1n) is 5.18. The smallest absolute Gasteiger partial charge is 0.408 e. The zero-order valence-corrected chi connectivity index (χ0v) is 9.98. The molecule has 6 heteroatoms. The van der Waals surface area contributed by atoms with E-state index in [-0.39, 0.29) is 6.04 Å². The van der Waals surface area contributed by atoms with Crippen molar-refractivity contribution in [3.05, 3.63) is 12.3 Å². The Labute approximate surface area is 94.4 Å². The minimum atomic E-state index is -0.517. The number of hydrogen-bond donors (Lipinski definition) is 1. The summed E-state index contributed by atoms with van der Waals surface area (Å²) in [6, 6.07) is -0.308. The van der Waals surface area contributed by atoms with E-state index in [0.717, 1.165) is 0 Å². The van der Waals surface area contributed by atoms with Gasteiger partial charge in [-0.3, -0.25) is 0 Å². The molecule has 16 heavy (non-hydrogen) atoms. The number of amides is 1. The minimum Gasteiger partial charge on any atom is -0.444 e. The van der Waals surface area contributed by atoms with Crippen molar-refractivity contribution in [2.24, 2.45) is 0 Å². The van der Waals surface area contributed by atoms with Gasteiger partial charge in [-0.05, 0) is 27.2 Å². The molecule has 6 nitrogen and oxygen atoms in total. The Hall–Kier alpha value is -1.59. The van der Waals surface area contributed by atoms with Crippen LogP contribution in [-0.2, 0) is 4.74 Å². The molecule has 1 aromatic rings. The summed E-state index contributed by atoms with van der Waals surface area (Å²) in [6.45, 7) is 7.33. The fourth-order valence-corrected chi connectivity index (χ4v) is 1.12. The molecule has 0 bridgehead atoms. The van der Waals surface area contributed by atoms with Crippen molar-refractivity contribution < 1.29 is 13.9 Å². The van der Waals surface area contributed by atoms with Crippen molar-refractivity contribution in [3.63, 3.8) is 0 Å². The van der Waals surface area contributed by atoms with Crippen molar-refractivity contribution in [3.8, 4) is 0 Å². The molecule has 0 aliphatic heterocycles. The highest BCUT2D eigenvalue weighted by molar-refractivity contribution is 5.68. The molecular weight excluding hydrogens is 210 g/mol. The van der Waals surface area contributed by atoms with Crippen LogP contribution in [0.15, 0.2) is 10.8 Å². The molecule has 1 aromatic heterocycles. The number of aromatic nitrogens is 2. The summed E-state index contributed by atoms with van der Waals surface area (Å²) in [4.78, 5) is 11.5. The highest BCUT2D eigenvalue weighted by Crippen LogP contribution is 2.14. The summed E-state index contributed by atoms with van der Waals surface area (Å²) >= 11 is 0. The van der Waals surface area contributed by atoms with E-state index in [1.54, 1.807) is 20.8 Å². The average molecular weight is 227 g/mol. The highest BCUT2D eigenvalue weighted by Gasteiger charge is 2.21. The van der Waals surface area contributed by atoms with Gasteiger partial charge in [-0.25, -0.2) is 4.79 Å². The Morgan fingerprint density at radius 2 is 2.31 bits per heavy atom. The third-order valence-corrected chi connectivity index (χ3v) is 1.77. The van der Waals surface area contributed by atoms with Crippen LogP contribution in [0, 0.1) is 0 Å². The summed E-state index contributed by atoms with van der Waals surface area (Å²) in [7, 11) is 0. The zero-order chi connectivity index (χ0) is 12.2. The SMILES string of the molecule is CC[C@@H](NC(=O)OC(C)(C)C)c1nnco1. The van der Waals surface area contributed by atoms with E-state index < -0.39 is 11.7 Å². The maximum atomic E-state index is 11.5. The lowest BCUT2D eigenvalue weighted by molar-refractivity contribution is 0.0494. The molecule has 0 spiro atoms. The molecule has 0 unspecified atom stereocenters. The van der Waals surface area contributed by atoms with Crippen LogP contribution in [0.1, 0.15) is 46.0 Å². The van der Waals surface area contributed by atoms with Crippen LogP contribution in [0.5, 0.6) is 0 Å². The van der Waals surface area contributed by atoms with Crippen LogP contribution < -0.4 is 5.32 Å². The monoisotopic (exact) mass is 227 g/mol. The van der Waals surface area contributed by atoms with Gasteiger partial charge in [0.25, 0.3) is 0 Å². The zero-order valence-electron chi connectivity index (χ0n) is 9.98. The summed E-state index contributed by atoms with van der Waals surface area (Å²) in [5.74, 6) is 0.383. The van der Waals surface area contributed by atoms with Gasteiger partial charge >= 0.3 is 6.09 Å². The van der Waals surface area contributed by atoms with Crippen LogP contribution >= 0.6 is 0 Å². The summed E-state index contributed by atoms with van der Waals surface area (Å²) < 4.78 is 10.2. The number of nitrogens with zero attached hydrogens (tertiary/aromatic N) is 2. The first kappa shape index (κ1) is 12.5. The number of ether oxygens (including phenoxy) is 1. The van der Waals surface area contributed by atoms with Gasteiger partial charge in [0.05, 0.1) is 0 Å². The van der Waals surface area contributed by atoms with Gasteiger partial charge in [0.1, 0.15) is 11.6 Å². The van der Waals surface area contributed by atoms with Crippen molar-refractivity contribution >= 4 is 6.09 Å². The lowest BCUT2D eigenvalue weighted by Crippen LogP contribution is -2.34. The van der Waals surface area contributed by atoms with Gasteiger partial charge in [0.15, 0.2) is 0 Å². The van der Waals surface area contributed by atoms with Crippen LogP contribution in [-0.4, -0.2) is 21.9 Å². The topological polar surface area (TPSA) is 77.2 Å². The highest BCUT2D eigenvalue weighted by atomic mass is 16.6. The van der Waals surface area contributed by atoms with Crippen LogP contribution in [0.2, 0.25) is 0 Å². The van der Waals surface area contributed by atoms with Crippen molar-refractivity contribution in [1.82, 2.24) is 15.5 Å². The lowest BCUT2D eigenvalue weighted by Gasteiger charge is -2.21. The van der Waals surface area contributed by atoms with Gasteiger partial charge in [0.2, 0.25) is 12.3 Å². The normalized spacial score (nSPS) is 13.2. The van der Waals surface area contributed by atoms with Crippen molar-refractivity contribution in [2.45, 2.75) is 45.8 Å². The van der Waals surface area contributed by atoms with Crippen molar-refractivity contribution in [2.75, 3.05) is 0 Å². The first-order valence-corrected chi connectivity index (χ1v) is 5.18. The van der Waals surface area contributed by atoms with Gasteiger partial charge < -0.3 is 14.5 Å². The molecule has 90 valence electrons. The van der Waals surface area contributed by atoms with Gasteiger partial charge in [-0.2, -0.15) is 0 Å². The summed E-state index contributed by atoms with van der Waals surface area (Å²) in [6.07, 6.45) is 1.40. The van der Waals surface area contributed by atoms with E-state index in [2.05, 4.69) is 15.5 Å². The van der Waals surface area contributed by atoms with E-state index in [0.29, 0.717) is 12.3 Å². The maximum absolute atomic E-state index is 11.5. The van der Waals surface area contributed by atoms with E-state index in [1.165, 1.54) is 6.39 Å². The number of nitrogens with one attached hydrogen (secondary N) is 1. The predicted octanol–water partition coefficient (Wildman–Crippen LogP) is 2.05. The third-order valence-electron chi connectivity index (χ3n) is 1.77. The molecule has 1 heterocycles. The molecule has 1 N–H and O–H groups in total. The van der Waals surface area contributed by atoms with Crippen LogP contribution in [0.3, 0.4) is 0 Å². The van der Waals surface area contributed by atoms with Crippen molar-refractivity contribution in [1.29, 1.82) is 0 Å². The Bertz CT molecular complexity index is 330. The van der Waals surface area contributed by atoms with E-state index in [1.807, 2.05) is 6.92 Å². The fourth-order valence-electron chi connectivity index (χ4n) is 1.12. The molecule has 1 amide bonds. The fraction of sp³-hybridized carbons (Fsp3) is 0.700. The van der Waals surface area contributed by atoms with E-state index >= 15 is 0 Å². The van der Waals surface area contributed by atoms with Crippen LogP contribution in [0.4, 0.5) is 4.79 Å². The molecule has 0 aliphatic carbocycles. The minimum absolute atomic E-state index is 0.308. The number of rotatable bonds is 3. The second kappa shape index (κ2) is 4.96. The third kappa shape index (κ3) is 3.88. The predicted molar refractivity (Wildman–Crippen MR) is 56.7 cm³/mol. The van der Waals surface area contributed by atoms with Gasteiger partial charge in [0, 0.05) is 0 Å². The first-order chi connectivity index (χ1) is 7.42. The second-order valence-corrected chi connectivity index (χ2v) is 4.38.